The van der Waals surface area contributed by atoms with Crippen LogP contribution in [0.25, 0.3) is 0 Å². The molecule has 2 N–H and O–H groups in total. The summed E-state index contributed by atoms with van der Waals surface area (Å²) >= 11 is 0. The third kappa shape index (κ3) is 2.95. The summed E-state index contributed by atoms with van der Waals surface area (Å²) < 4.78 is 37.9. The summed E-state index contributed by atoms with van der Waals surface area (Å²) in [6.45, 7) is 10.4. The second-order valence-electron chi connectivity index (χ2n) is 9.14. The molecule has 26 heavy (non-hydrogen) atoms. The van der Waals surface area contributed by atoms with Gasteiger partial charge in [0.1, 0.15) is 12.1 Å². The summed E-state index contributed by atoms with van der Waals surface area (Å²) in [5, 5.41) is 11.4. The molecule has 0 aromatic rings. The average Bonchev–Trinajstić information content (AvgIpc) is 2.76. The quantitative estimate of drug-likeness (QED) is 0.787. The number of aliphatic carboxylic acids is 1. The van der Waals surface area contributed by atoms with Gasteiger partial charge in [-0.2, -0.15) is 13.2 Å². The first-order valence-corrected chi connectivity index (χ1v) is 8.37. The Bertz CT molecular complexity index is 653. The highest BCUT2D eigenvalue weighted by Gasteiger charge is 2.77. The molecule has 1 heterocycles. The topological polar surface area (TPSA) is 86.7 Å². The SMILES string of the molecule is CC(C)(C)[C@H](NC(=O)C(F)(F)F)C(=O)N1C[C@@]2(C)[C@@H]([C@H]1C(=O)O)C2(C)C. The normalized spacial score (nSPS) is 31.2. The standard InChI is InChI=1S/C17H25F3N2O4/c1-14(2,3)10(21-13(26)17(18,19)20)11(23)22-7-16(6)9(15(16,4)5)8(22)12(24)25/h8-10H,7H2,1-6H3,(H,21,26)(H,24,25)/t8-,9-,10+,16-/m0/s1. The number of piperidine rings is 1. The zero-order valence-electron chi connectivity index (χ0n) is 15.7. The van der Waals surface area contributed by atoms with Crippen molar-refractivity contribution in [2.45, 2.75) is 59.8 Å². The average molecular weight is 378 g/mol. The van der Waals surface area contributed by atoms with E-state index in [2.05, 4.69) is 0 Å². The number of fused-ring (bicyclic) bond motifs is 1. The maximum atomic E-state index is 13.0. The first kappa shape index (κ1) is 20.5. The van der Waals surface area contributed by atoms with Crippen LogP contribution >= 0.6 is 0 Å². The van der Waals surface area contributed by atoms with E-state index in [-0.39, 0.29) is 17.9 Å². The Morgan fingerprint density at radius 1 is 1.15 bits per heavy atom. The number of carbonyl (C=O) groups excluding carboxylic acids is 2. The van der Waals surface area contributed by atoms with Gasteiger partial charge in [-0.1, -0.05) is 41.5 Å². The van der Waals surface area contributed by atoms with Crippen molar-refractivity contribution in [3.8, 4) is 0 Å². The van der Waals surface area contributed by atoms with Crippen LogP contribution in [0.4, 0.5) is 13.2 Å². The summed E-state index contributed by atoms with van der Waals surface area (Å²) in [5.74, 6) is -4.48. The van der Waals surface area contributed by atoms with Gasteiger partial charge < -0.3 is 15.3 Å². The second-order valence-corrected chi connectivity index (χ2v) is 9.14. The fourth-order valence-corrected chi connectivity index (χ4v) is 4.31. The maximum Gasteiger partial charge on any atom is 0.471 e. The molecule has 4 atom stereocenters. The highest BCUT2D eigenvalue weighted by molar-refractivity contribution is 5.93. The highest BCUT2D eigenvalue weighted by Crippen LogP contribution is 2.74. The predicted molar refractivity (Wildman–Crippen MR) is 86.0 cm³/mol. The number of nitrogens with zero attached hydrogens (tertiary/aromatic N) is 1. The van der Waals surface area contributed by atoms with Crippen LogP contribution in [0.3, 0.4) is 0 Å². The molecule has 6 nitrogen and oxygen atoms in total. The number of hydrogen-bond donors (Lipinski definition) is 2. The molecule has 0 spiro atoms. The van der Waals surface area contributed by atoms with Gasteiger partial charge in [0.05, 0.1) is 0 Å². The summed E-state index contributed by atoms with van der Waals surface area (Å²) in [6.07, 6.45) is -5.13. The molecule has 0 radical (unpaired) electrons. The molecule has 9 heteroatoms. The van der Waals surface area contributed by atoms with Crippen LogP contribution in [0.2, 0.25) is 0 Å². The highest BCUT2D eigenvalue weighted by atomic mass is 19.4. The monoisotopic (exact) mass is 378 g/mol. The molecule has 1 saturated carbocycles. The summed E-state index contributed by atoms with van der Waals surface area (Å²) in [5.41, 5.74) is -1.72. The zero-order chi connectivity index (χ0) is 20.5. The van der Waals surface area contributed by atoms with Gasteiger partial charge in [-0.15, -0.1) is 0 Å². The lowest BCUT2D eigenvalue weighted by molar-refractivity contribution is -0.176. The van der Waals surface area contributed by atoms with Crippen LogP contribution in [-0.4, -0.2) is 52.6 Å². The lowest BCUT2D eigenvalue weighted by Gasteiger charge is -2.37. The van der Waals surface area contributed by atoms with Crippen molar-refractivity contribution >= 4 is 17.8 Å². The molecule has 0 aromatic heterocycles. The van der Waals surface area contributed by atoms with E-state index >= 15 is 0 Å². The van der Waals surface area contributed by atoms with Crippen LogP contribution < -0.4 is 5.32 Å². The molecule has 148 valence electrons. The predicted octanol–water partition coefficient (Wildman–Crippen LogP) is 2.04. The van der Waals surface area contributed by atoms with E-state index in [1.54, 1.807) is 5.32 Å². The van der Waals surface area contributed by atoms with Gasteiger partial charge in [0.2, 0.25) is 5.91 Å². The molecule has 2 fully saturated rings. The zero-order valence-corrected chi connectivity index (χ0v) is 15.7. The molecule has 1 saturated heterocycles. The van der Waals surface area contributed by atoms with E-state index in [1.807, 2.05) is 20.8 Å². The number of amides is 2. The minimum atomic E-state index is -5.13. The smallest absolute Gasteiger partial charge is 0.471 e. The van der Waals surface area contributed by atoms with Crippen molar-refractivity contribution < 1.29 is 32.7 Å². The van der Waals surface area contributed by atoms with Crippen LogP contribution in [0, 0.1) is 22.2 Å². The number of alkyl halides is 3. The second kappa shape index (κ2) is 5.60. The van der Waals surface area contributed by atoms with Gasteiger partial charge in [-0.25, -0.2) is 4.79 Å². The van der Waals surface area contributed by atoms with Crippen LogP contribution in [-0.2, 0) is 14.4 Å². The van der Waals surface area contributed by atoms with Crippen molar-refractivity contribution in [3.63, 3.8) is 0 Å². The van der Waals surface area contributed by atoms with Crippen LogP contribution in [0.15, 0.2) is 0 Å². The Labute approximate surface area is 150 Å². The van der Waals surface area contributed by atoms with E-state index in [4.69, 9.17) is 0 Å². The number of carbonyl (C=O) groups is 3. The number of nitrogens with one attached hydrogen (secondary N) is 1. The van der Waals surface area contributed by atoms with E-state index < -0.39 is 46.9 Å². The number of carboxylic acid groups (broad SMARTS) is 1. The maximum absolute atomic E-state index is 13.0. The lowest BCUT2D eigenvalue weighted by atomic mass is 9.85. The van der Waals surface area contributed by atoms with Gasteiger partial charge in [0, 0.05) is 12.5 Å². The molecule has 0 aromatic carbocycles. The Morgan fingerprint density at radius 3 is 2.04 bits per heavy atom. The number of halogens is 3. The van der Waals surface area contributed by atoms with Crippen LogP contribution in [0.1, 0.15) is 41.5 Å². The molecule has 2 amide bonds. The summed E-state index contributed by atoms with van der Waals surface area (Å²) in [7, 11) is 0. The van der Waals surface area contributed by atoms with Crippen molar-refractivity contribution in [2.75, 3.05) is 6.54 Å². The fraction of sp³-hybridized carbons (Fsp3) is 0.824. The molecular weight excluding hydrogens is 353 g/mol. The van der Waals surface area contributed by atoms with E-state index in [9.17, 15) is 32.7 Å². The van der Waals surface area contributed by atoms with Crippen LogP contribution in [0.5, 0.6) is 0 Å². The van der Waals surface area contributed by atoms with E-state index in [0.717, 1.165) is 4.90 Å². The lowest BCUT2D eigenvalue weighted by Crippen LogP contribution is -2.59. The van der Waals surface area contributed by atoms with Crippen molar-refractivity contribution in [1.82, 2.24) is 10.2 Å². The molecule has 0 unspecified atom stereocenters. The van der Waals surface area contributed by atoms with Crippen molar-refractivity contribution in [3.05, 3.63) is 0 Å². The van der Waals surface area contributed by atoms with Gasteiger partial charge >= 0.3 is 18.1 Å². The Hall–Kier alpha value is -1.80. The fourth-order valence-electron chi connectivity index (χ4n) is 4.31. The van der Waals surface area contributed by atoms with E-state index in [0.29, 0.717) is 0 Å². The number of carboxylic acids is 1. The number of hydrogen-bond acceptors (Lipinski definition) is 3. The number of likely N-dealkylation sites (tertiary alicyclic amines) is 1. The molecule has 1 aliphatic heterocycles. The van der Waals surface area contributed by atoms with Gasteiger partial charge in [0.15, 0.2) is 0 Å². The molecule has 0 bridgehead atoms. The first-order valence-electron chi connectivity index (χ1n) is 8.37. The Morgan fingerprint density at radius 2 is 1.65 bits per heavy atom. The Balaban J connectivity index is 2.32. The molecule has 2 rings (SSSR count). The van der Waals surface area contributed by atoms with Crippen molar-refractivity contribution in [1.29, 1.82) is 0 Å². The minimum absolute atomic E-state index is 0.134. The molecular formula is C17H25F3N2O4. The van der Waals surface area contributed by atoms with E-state index in [1.165, 1.54) is 20.8 Å². The Kier molecular flexibility index (Phi) is 4.42. The van der Waals surface area contributed by atoms with Gasteiger partial charge in [0.25, 0.3) is 0 Å². The molecule has 1 aliphatic carbocycles. The minimum Gasteiger partial charge on any atom is -0.480 e. The largest absolute Gasteiger partial charge is 0.480 e. The third-order valence-electron chi connectivity index (χ3n) is 6.18. The molecule has 2 aliphatic rings. The number of rotatable bonds is 3. The third-order valence-corrected chi connectivity index (χ3v) is 6.18. The summed E-state index contributed by atoms with van der Waals surface area (Å²) in [6, 6.07) is -2.60. The van der Waals surface area contributed by atoms with Crippen molar-refractivity contribution in [2.24, 2.45) is 22.2 Å². The first-order chi connectivity index (χ1) is 11.5. The summed E-state index contributed by atoms with van der Waals surface area (Å²) in [4.78, 5) is 37.2. The van der Waals surface area contributed by atoms with Gasteiger partial charge in [-0.05, 0) is 16.2 Å². The van der Waals surface area contributed by atoms with Gasteiger partial charge in [-0.3, -0.25) is 9.59 Å².